The minimum atomic E-state index is -0.638. The number of thiazole rings is 1. The number of benzene rings is 2. The highest BCUT2D eigenvalue weighted by Gasteiger charge is 2.25. The summed E-state index contributed by atoms with van der Waals surface area (Å²) in [5, 5.41) is 1.29. The maximum atomic E-state index is 13.4. The van der Waals surface area contributed by atoms with Gasteiger partial charge in [0.05, 0.1) is 10.2 Å². The van der Waals surface area contributed by atoms with E-state index in [4.69, 9.17) is 4.42 Å². The summed E-state index contributed by atoms with van der Waals surface area (Å²) in [6.07, 6.45) is 0. The summed E-state index contributed by atoms with van der Waals surface area (Å²) in [6, 6.07) is 14.8. The van der Waals surface area contributed by atoms with Crippen molar-refractivity contribution < 1.29 is 9.21 Å². The van der Waals surface area contributed by atoms with Crippen LogP contribution in [0.3, 0.4) is 0 Å². The number of rotatable bonds is 5. The lowest BCUT2D eigenvalue weighted by molar-refractivity contribution is 0.0982. The van der Waals surface area contributed by atoms with Crippen LogP contribution in [0, 0.1) is 6.92 Å². The zero-order chi connectivity index (χ0) is 20.5. The van der Waals surface area contributed by atoms with Crippen LogP contribution in [0.4, 0.5) is 5.13 Å². The molecule has 2 heterocycles. The molecule has 0 N–H and O–H groups in total. The van der Waals surface area contributed by atoms with Crippen LogP contribution in [0.5, 0.6) is 0 Å². The molecule has 0 aliphatic rings. The van der Waals surface area contributed by atoms with Crippen LogP contribution in [-0.4, -0.2) is 43.0 Å². The lowest BCUT2D eigenvalue weighted by Gasteiger charge is -2.21. The summed E-state index contributed by atoms with van der Waals surface area (Å²) in [4.78, 5) is 34.1. The molecule has 29 heavy (non-hydrogen) atoms. The number of hydrogen-bond donors (Lipinski definition) is 0. The predicted octanol–water partition coefficient (Wildman–Crippen LogP) is 3.92. The van der Waals surface area contributed by atoms with Crippen molar-refractivity contribution in [1.29, 1.82) is 0 Å². The summed E-state index contributed by atoms with van der Waals surface area (Å²) >= 11 is 1.45. The molecule has 0 unspecified atom stereocenters. The largest absolute Gasteiger partial charge is 0.422 e. The van der Waals surface area contributed by atoms with Gasteiger partial charge in [-0.3, -0.25) is 9.69 Å². The predicted molar refractivity (Wildman–Crippen MR) is 117 cm³/mol. The first-order valence-electron chi connectivity index (χ1n) is 9.29. The topological polar surface area (TPSA) is 66.7 Å². The second-order valence-corrected chi connectivity index (χ2v) is 8.22. The molecule has 7 heteroatoms. The van der Waals surface area contributed by atoms with Gasteiger partial charge >= 0.3 is 5.63 Å². The van der Waals surface area contributed by atoms with Gasteiger partial charge in [0.2, 0.25) is 0 Å². The van der Waals surface area contributed by atoms with E-state index in [9.17, 15) is 9.59 Å². The minimum Gasteiger partial charge on any atom is -0.422 e. The van der Waals surface area contributed by atoms with E-state index in [1.165, 1.54) is 11.3 Å². The molecule has 0 saturated carbocycles. The SMILES string of the molecule is Cc1ccc2nc(N(CCN(C)C)C(=O)c3cc4ccccc4oc3=O)sc2c1. The minimum absolute atomic E-state index is 0.0119. The number of fused-ring (bicyclic) bond motifs is 2. The highest BCUT2D eigenvalue weighted by molar-refractivity contribution is 7.22. The molecule has 2 aromatic heterocycles. The number of aromatic nitrogens is 1. The summed E-state index contributed by atoms with van der Waals surface area (Å²) in [5.41, 5.74) is 1.81. The second kappa shape index (κ2) is 7.77. The van der Waals surface area contributed by atoms with E-state index in [0.29, 0.717) is 29.2 Å². The average Bonchev–Trinajstić information content (AvgIpc) is 3.09. The van der Waals surface area contributed by atoms with Crippen molar-refractivity contribution in [3.63, 3.8) is 0 Å². The van der Waals surface area contributed by atoms with Crippen molar-refractivity contribution in [3.8, 4) is 0 Å². The van der Waals surface area contributed by atoms with Crippen molar-refractivity contribution >= 4 is 43.6 Å². The van der Waals surface area contributed by atoms with E-state index in [2.05, 4.69) is 11.1 Å². The molecular weight excluding hydrogens is 386 g/mol. The van der Waals surface area contributed by atoms with E-state index in [1.807, 2.05) is 50.2 Å². The maximum absolute atomic E-state index is 13.4. The number of para-hydroxylation sites is 1. The zero-order valence-electron chi connectivity index (χ0n) is 16.5. The van der Waals surface area contributed by atoms with Gasteiger partial charge in [0.25, 0.3) is 5.91 Å². The first-order chi connectivity index (χ1) is 13.9. The Morgan fingerprint density at radius 1 is 1.10 bits per heavy atom. The second-order valence-electron chi connectivity index (χ2n) is 7.21. The number of nitrogens with zero attached hydrogens (tertiary/aromatic N) is 3. The lowest BCUT2D eigenvalue weighted by atomic mass is 10.1. The lowest BCUT2D eigenvalue weighted by Crippen LogP contribution is -2.38. The van der Waals surface area contributed by atoms with E-state index in [1.54, 1.807) is 23.1 Å². The summed E-state index contributed by atoms with van der Waals surface area (Å²) in [6.45, 7) is 3.07. The quantitative estimate of drug-likeness (QED) is 0.469. The molecule has 0 saturated heterocycles. The molecule has 0 atom stereocenters. The molecule has 0 aliphatic carbocycles. The van der Waals surface area contributed by atoms with Gasteiger partial charge in [-0.1, -0.05) is 35.6 Å². The molecule has 0 spiro atoms. The number of amides is 1. The Kier molecular flexibility index (Phi) is 5.17. The first kappa shape index (κ1) is 19.3. The third kappa shape index (κ3) is 3.92. The summed E-state index contributed by atoms with van der Waals surface area (Å²) in [5.74, 6) is -0.401. The van der Waals surface area contributed by atoms with E-state index < -0.39 is 11.5 Å². The van der Waals surface area contributed by atoms with Gasteiger partial charge in [0.1, 0.15) is 11.1 Å². The van der Waals surface area contributed by atoms with Gasteiger partial charge in [-0.15, -0.1) is 0 Å². The van der Waals surface area contributed by atoms with E-state index in [-0.39, 0.29) is 5.56 Å². The normalized spacial score (nSPS) is 11.4. The number of hydrogen-bond acceptors (Lipinski definition) is 6. The fraction of sp³-hybridized carbons (Fsp3) is 0.227. The van der Waals surface area contributed by atoms with Crippen LogP contribution >= 0.6 is 11.3 Å². The van der Waals surface area contributed by atoms with Gasteiger partial charge in [-0.2, -0.15) is 0 Å². The third-order valence-corrected chi connectivity index (χ3v) is 5.69. The molecule has 0 bridgehead atoms. The summed E-state index contributed by atoms with van der Waals surface area (Å²) < 4.78 is 6.38. The maximum Gasteiger partial charge on any atom is 0.349 e. The van der Waals surface area contributed by atoms with Crippen LogP contribution in [0.1, 0.15) is 15.9 Å². The number of carbonyl (C=O) groups is 1. The van der Waals surface area contributed by atoms with Crippen molar-refractivity contribution in [1.82, 2.24) is 9.88 Å². The molecule has 148 valence electrons. The molecule has 2 aromatic carbocycles. The van der Waals surface area contributed by atoms with Crippen molar-refractivity contribution in [2.24, 2.45) is 0 Å². The van der Waals surface area contributed by atoms with Gasteiger partial charge in [0, 0.05) is 18.5 Å². The molecule has 0 fully saturated rings. The van der Waals surface area contributed by atoms with Crippen LogP contribution in [0.2, 0.25) is 0 Å². The van der Waals surface area contributed by atoms with Crippen molar-refractivity contribution in [3.05, 3.63) is 70.1 Å². The highest BCUT2D eigenvalue weighted by Crippen LogP contribution is 2.30. The Bertz CT molecular complexity index is 1260. The van der Waals surface area contributed by atoms with Crippen molar-refractivity contribution in [2.75, 3.05) is 32.1 Å². The fourth-order valence-corrected chi connectivity index (χ4v) is 4.16. The van der Waals surface area contributed by atoms with E-state index >= 15 is 0 Å². The van der Waals surface area contributed by atoms with Crippen LogP contribution in [0.15, 0.2) is 57.7 Å². The van der Waals surface area contributed by atoms with Crippen LogP contribution in [0.25, 0.3) is 21.2 Å². The molecule has 4 aromatic rings. The molecular formula is C22H21N3O3S. The van der Waals surface area contributed by atoms with Gasteiger partial charge in [0.15, 0.2) is 5.13 Å². The molecule has 6 nitrogen and oxygen atoms in total. The Morgan fingerprint density at radius 3 is 2.69 bits per heavy atom. The van der Waals surface area contributed by atoms with Gasteiger partial charge < -0.3 is 9.32 Å². The number of anilines is 1. The number of carbonyl (C=O) groups excluding carboxylic acids is 1. The van der Waals surface area contributed by atoms with Gasteiger partial charge in [-0.25, -0.2) is 9.78 Å². The van der Waals surface area contributed by atoms with Gasteiger partial charge in [-0.05, 0) is 50.8 Å². The Balaban J connectivity index is 1.79. The Labute approximate surface area is 172 Å². The fourth-order valence-electron chi connectivity index (χ4n) is 3.08. The monoisotopic (exact) mass is 407 g/mol. The van der Waals surface area contributed by atoms with Crippen LogP contribution in [-0.2, 0) is 0 Å². The van der Waals surface area contributed by atoms with Crippen LogP contribution < -0.4 is 10.5 Å². The molecule has 0 radical (unpaired) electrons. The summed E-state index contributed by atoms with van der Waals surface area (Å²) in [7, 11) is 3.88. The third-order valence-electron chi connectivity index (χ3n) is 4.65. The number of likely N-dealkylation sites (N-methyl/N-ethyl adjacent to an activating group) is 1. The smallest absolute Gasteiger partial charge is 0.349 e. The molecule has 1 amide bonds. The highest BCUT2D eigenvalue weighted by atomic mass is 32.1. The molecule has 0 aliphatic heterocycles. The van der Waals surface area contributed by atoms with E-state index in [0.717, 1.165) is 15.8 Å². The Hall–Kier alpha value is -3.03. The number of aryl methyl sites for hydroxylation is 1. The first-order valence-corrected chi connectivity index (χ1v) is 10.1. The zero-order valence-corrected chi connectivity index (χ0v) is 17.3. The Morgan fingerprint density at radius 2 is 1.90 bits per heavy atom. The average molecular weight is 407 g/mol. The van der Waals surface area contributed by atoms with Crippen molar-refractivity contribution in [2.45, 2.75) is 6.92 Å². The standard InChI is InChI=1S/C22H21N3O3S/c1-14-8-9-17-19(12-14)29-22(23-17)25(11-10-24(2)3)20(26)16-13-15-6-4-5-7-18(15)28-21(16)27/h4-9,12-13H,10-11H2,1-3H3. The molecule has 4 rings (SSSR count).